The van der Waals surface area contributed by atoms with Gasteiger partial charge in [-0.3, -0.25) is 4.79 Å². The van der Waals surface area contributed by atoms with Gasteiger partial charge in [-0.15, -0.1) is 0 Å². The Kier molecular flexibility index (Phi) is 72.2. The Hall–Kier alpha value is -2.69. The summed E-state index contributed by atoms with van der Waals surface area (Å²) < 4.78 is 0. The Bertz CT molecular complexity index is 1520. The number of allylic oxidation sites excluding steroid dienone is 16. The molecule has 0 aromatic rings. The minimum Gasteiger partial charge on any atom is -0.394 e. The fraction of sp³-hybridized carbons (Fsp3) is 0.787. The number of hydrogen-bond acceptors (Lipinski definition) is 3. The summed E-state index contributed by atoms with van der Waals surface area (Å²) in [5.41, 5.74) is 0. The maximum atomic E-state index is 12.6. The van der Waals surface area contributed by atoms with Crippen molar-refractivity contribution in [3.05, 3.63) is 97.2 Å². The standard InChI is InChI=1S/C80H145NO3/c1-3-5-7-9-11-13-15-17-19-21-23-25-27-29-31-33-35-37-38-39-40-41-42-44-46-48-50-52-54-56-58-60-62-64-66-68-70-72-74-76-80(84)81-78(77-82)79(83)75-73-71-69-67-65-63-61-59-57-55-53-51-49-47-45-43-36-34-32-30-28-26-24-22-20-18-16-14-12-10-8-6-4-2/h5,7,11,13,17,19,23,25,29,31,35,37,39-40,42,44,78-79,82-83H,3-4,6,8-10,12,14-16,18,20-22,24,26-28,30,32-34,36,38,41,43,45-77H2,1-2H3,(H,81,84)/b7-5-,13-11-,19-17-,25-23-,31-29-,37-35-,40-39-,44-42-. The van der Waals surface area contributed by atoms with Crippen molar-refractivity contribution in [1.29, 1.82) is 0 Å². The first-order valence-corrected chi connectivity index (χ1v) is 37.4. The highest BCUT2D eigenvalue weighted by atomic mass is 16.3. The number of carbonyl (C=O) groups excluding carboxylic acids is 1. The lowest BCUT2D eigenvalue weighted by atomic mass is 10.0. The molecule has 2 atom stereocenters. The van der Waals surface area contributed by atoms with Gasteiger partial charge in [0.05, 0.1) is 18.8 Å². The minimum atomic E-state index is -0.667. The number of nitrogens with one attached hydrogen (secondary N) is 1. The van der Waals surface area contributed by atoms with Crippen LogP contribution in [0, 0.1) is 0 Å². The average molecular weight is 1170 g/mol. The van der Waals surface area contributed by atoms with Crippen molar-refractivity contribution < 1.29 is 15.0 Å². The molecule has 0 aliphatic heterocycles. The van der Waals surface area contributed by atoms with E-state index in [0.717, 1.165) is 77.0 Å². The molecule has 0 fully saturated rings. The molecule has 0 saturated heterocycles. The summed E-state index contributed by atoms with van der Waals surface area (Å²) >= 11 is 0. The summed E-state index contributed by atoms with van der Waals surface area (Å²) in [6, 6.07) is -0.544. The molecule has 0 bridgehead atoms. The predicted molar refractivity (Wildman–Crippen MR) is 377 cm³/mol. The number of aliphatic hydroxyl groups excluding tert-OH is 2. The van der Waals surface area contributed by atoms with Crippen LogP contribution in [0.15, 0.2) is 97.2 Å². The van der Waals surface area contributed by atoms with E-state index in [9.17, 15) is 15.0 Å². The van der Waals surface area contributed by atoms with Crippen molar-refractivity contribution in [2.45, 2.75) is 398 Å². The Morgan fingerprint density at radius 1 is 0.298 bits per heavy atom. The van der Waals surface area contributed by atoms with E-state index in [-0.39, 0.29) is 12.5 Å². The highest BCUT2D eigenvalue weighted by molar-refractivity contribution is 5.76. The van der Waals surface area contributed by atoms with Gasteiger partial charge in [0, 0.05) is 6.42 Å². The summed E-state index contributed by atoms with van der Waals surface area (Å²) in [5.74, 6) is -0.0292. The number of carbonyl (C=O) groups is 1. The molecule has 0 aliphatic carbocycles. The second kappa shape index (κ2) is 74.6. The number of amides is 1. The third kappa shape index (κ3) is 70.1. The summed E-state index contributed by atoms with van der Waals surface area (Å²) in [6.45, 7) is 4.28. The molecule has 0 radical (unpaired) electrons. The smallest absolute Gasteiger partial charge is 0.220 e. The Balaban J connectivity index is 3.45. The molecule has 3 N–H and O–H groups in total. The van der Waals surface area contributed by atoms with Crippen LogP contribution >= 0.6 is 0 Å². The molecule has 0 aliphatic rings. The molecule has 4 heteroatoms. The fourth-order valence-electron chi connectivity index (χ4n) is 11.5. The molecule has 0 aromatic heterocycles. The highest BCUT2D eigenvalue weighted by Crippen LogP contribution is 2.19. The average Bonchev–Trinajstić information content (AvgIpc) is 3.51. The van der Waals surface area contributed by atoms with E-state index in [1.165, 1.54) is 283 Å². The lowest BCUT2D eigenvalue weighted by Crippen LogP contribution is -2.45. The SMILES string of the molecule is CC/C=C\C/C=C\C/C=C\C/C=C\C/C=C\C/C=C\C/C=C\C/C=C\CCCCCCCCCCCCCCCCC(=O)NC(CO)C(O)CCCCCCCCCCCCCCCCCCCCCCCCCCCCCCCCCCC. The van der Waals surface area contributed by atoms with Crippen molar-refractivity contribution in [3.63, 3.8) is 0 Å². The second-order valence-electron chi connectivity index (χ2n) is 25.3. The minimum absolute atomic E-state index is 0.0292. The first-order chi connectivity index (χ1) is 41.7. The number of aliphatic hydroxyl groups is 2. The van der Waals surface area contributed by atoms with Gasteiger partial charge in [0.1, 0.15) is 0 Å². The summed E-state index contributed by atoms with van der Waals surface area (Å²) in [7, 11) is 0. The molecule has 84 heavy (non-hydrogen) atoms. The summed E-state index contributed by atoms with van der Waals surface area (Å²) in [4.78, 5) is 12.6. The van der Waals surface area contributed by atoms with E-state index in [4.69, 9.17) is 0 Å². The third-order valence-corrected chi connectivity index (χ3v) is 17.1. The van der Waals surface area contributed by atoms with Crippen LogP contribution in [0.1, 0.15) is 386 Å². The Labute approximate surface area is 525 Å². The third-order valence-electron chi connectivity index (χ3n) is 17.1. The van der Waals surface area contributed by atoms with Crippen molar-refractivity contribution in [1.82, 2.24) is 5.32 Å². The van der Waals surface area contributed by atoms with Crippen LogP contribution < -0.4 is 5.32 Å². The van der Waals surface area contributed by atoms with Crippen LogP contribution in [-0.2, 0) is 4.79 Å². The van der Waals surface area contributed by atoms with E-state index in [1.54, 1.807) is 0 Å². The monoisotopic (exact) mass is 1170 g/mol. The van der Waals surface area contributed by atoms with Gasteiger partial charge >= 0.3 is 0 Å². The number of unbranched alkanes of at least 4 members (excludes halogenated alkanes) is 46. The Morgan fingerprint density at radius 2 is 0.524 bits per heavy atom. The lowest BCUT2D eigenvalue weighted by Gasteiger charge is -2.22. The van der Waals surface area contributed by atoms with Gasteiger partial charge in [-0.05, 0) is 77.0 Å². The quantitative estimate of drug-likeness (QED) is 0.0420. The van der Waals surface area contributed by atoms with Gasteiger partial charge < -0.3 is 15.5 Å². The first kappa shape index (κ1) is 81.3. The lowest BCUT2D eigenvalue weighted by molar-refractivity contribution is -0.123. The maximum absolute atomic E-state index is 12.6. The predicted octanol–water partition coefficient (Wildman–Crippen LogP) is 25.9. The molecule has 0 saturated carbocycles. The molecule has 488 valence electrons. The highest BCUT2D eigenvalue weighted by Gasteiger charge is 2.20. The summed E-state index contributed by atoms with van der Waals surface area (Å²) in [6.07, 6.45) is 111. The van der Waals surface area contributed by atoms with Crippen LogP contribution in [0.5, 0.6) is 0 Å². The molecule has 0 rings (SSSR count). The van der Waals surface area contributed by atoms with Crippen LogP contribution in [0.2, 0.25) is 0 Å². The van der Waals surface area contributed by atoms with E-state index < -0.39 is 12.1 Å². The zero-order valence-corrected chi connectivity index (χ0v) is 56.4. The van der Waals surface area contributed by atoms with Gasteiger partial charge in [0.15, 0.2) is 0 Å². The second-order valence-corrected chi connectivity index (χ2v) is 25.3. The zero-order chi connectivity index (χ0) is 60.5. The molecular weight excluding hydrogens is 1020 g/mol. The van der Waals surface area contributed by atoms with E-state index >= 15 is 0 Å². The number of hydrogen-bond donors (Lipinski definition) is 3. The first-order valence-electron chi connectivity index (χ1n) is 37.4. The normalized spacial score (nSPS) is 13.2. The van der Waals surface area contributed by atoms with Gasteiger partial charge in [-0.2, -0.15) is 0 Å². The van der Waals surface area contributed by atoms with Crippen LogP contribution in [-0.4, -0.2) is 34.9 Å². The summed E-state index contributed by atoms with van der Waals surface area (Å²) in [5, 5.41) is 23.5. The Morgan fingerprint density at radius 3 is 0.786 bits per heavy atom. The van der Waals surface area contributed by atoms with Crippen LogP contribution in [0.4, 0.5) is 0 Å². The van der Waals surface area contributed by atoms with Crippen LogP contribution in [0.25, 0.3) is 0 Å². The molecule has 1 amide bonds. The maximum Gasteiger partial charge on any atom is 0.220 e. The molecule has 4 nitrogen and oxygen atoms in total. The van der Waals surface area contributed by atoms with E-state index in [2.05, 4.69) is 116 Å². The van der Waals surface area contributed by atoms with Gasteiger partial charge in [0.25, 0.3) is 0 Å². The van der Waals surface area contributed by atoms with E-state index in [1.807, 2.05) is 0 Å². The molecule has 0 heterocycles. The molecule has 0 spiro atoms. The van der Waals surface area contributed by atoms with Crippen LogP contribution in [0.3, 0.4) is 0 Å². The van der Waals surface area contributed by atoms with Gasteiger partial charge in [-0.1, -0.05) is 400 Å². The van der Waals surface area contributed by atoms with Crippen molar-refractivity contribution in [3.8, 4) is 0 Å². The number of rotatable bonds is 69. The van der Waals surface area contributed by atoms with Crippen molar-refractivity contribution in [2.75, 3.05) is 6.61 Å². The topological polar surface area (TPSA) is 69.6 Å². The van der Waals surface area contributed by atoms with E-state index in [0.29, 0.717) is 12.8 Å². The zero-order valence-electron chi connectivity index (χ0n) is 56.4. The molecule has 0 aromatic carbocycles. The fourth-order valence-corrected chi connectivity index (χ4v) is 11.5. The molecule has 2 unspecified atom stereocenters. The van der Waals surface area contributed by atoms with Crippen molar-refractivity contribution in [2.24, 2.45) is 0 Å². The van der Waals surface area contributed by atoms with Gasteiger partial charge in [0.2, 0.25) is 5.91 Å². The van der Waals surface area contributed by atoms with Gasteiger partial charge in [-0.25, -0.2) is 0 Å². The largest absolute Gasteiger partial charge is 0.394 e. The van der Waals surface area contributed by atoms with Crippen molar-refractivity contribution >= 4 is 5.91 Å². The molecular formula is C80H145NO3.